The van der Waals surface area contributed by atoms with Crippen LogP contribution < -0.4 is 10.1 Å². The molecule has 0 aliphatic carbocycles. The first-order valence-corrected chi connectivity index (χ1v) is 5.89. The molecule has 0 aliphatic heterocycles. The molecule has 4 nitrogen and oxygen atoms in total. The maximum Gasteiger partial charge on any atom is 0.345 e. The predicted octanol–water partition coefficient (Wildman–Crippen LogP) is 2.80. The smallest absolute Gasteiger partial charge is 0.345 e. The lowest BCUT2D eigenvalue weighted by Gasteiger charge is -2.19. The minimum absolute atomic E-state index is 0.292. The van der Waals surface area contributed by atoms with Crippen molar-refractivity contribution in [3.8, 4) is 5.75 Å². The van der Waals surface area contributed by atoms with Crippen molar-refractivity contribution in [1.82, 2.24) is 5.32 Å². The summed E-state index contributed by atoms with van der Waals surface area (Å²) >= 11 is 0. The highest BCUT2D eigenvalue weighted by Gasteiger charge is 2.18. The summed E-state index contributed by atoms with van der Waals surface area (Å²) in [5, 5.41) is 2.37. The number of alkyl halides is 3. The summed E-state index contributed by atoms with van der Waals surface area (Å²) in [6.07, 6.45) is 0.397. The Morgan fingerprint density at radius 2 is 1.90 bits per heavy atom. The molecule has 0 aromatic heterocycles. The molecule has 1 aromatic carbocycles. The molecule has 0 bridgehead atoms. The maximum atomic E-state index is 13.3. The highest BCUT2D eigenvalue weighted by molar-refractivity contribution is 5.48. The van der Waals surface area contributed by atoms with E-state index in [0.29, 0.717) is 17.7 Å². The van der Waals surface area contributed by atoms with Gasteiger partial charge in [0.25, 0.3) is 0 Å². The standard InChI is InChI=1S/C13H16F3NO3/c1-13(2,16)20-10-5-3-9(4-6-10)11(17-8-18)7-19-12(14)15/h3-6,8,11-12H,7H2,1-2H3,(H,17,18). The van der Waals surface area contributed by atoms with Gasteiger partial charge in [-0.15, -0.1) is 0 Å². The van der Waals surface area contributed by atoms with Gasteiger partial charge in [0.05, 0.1) is 12.6 Å². The minimum Gasteiger partial charge on any atom is -0.459 e. The molecule has 1 atom stereocenters. The van der Waals surface area contributed by atoms with E-state index < -0.39 is 18.5 Å². The molecule has 112 valence electrons. The van der Waals surface area contributed by atoms with Crippen LogP contribution in [-0.2, 0) is 9.53 Å². The van der Waals surface area contributed by atoms with Crippen molar-refractivity contribution in [2.24, 2.45) is 0 Å². The van der Waals surface area contributed by atoms with Crippen LogP contribution in [0.5, 0.6) is 5.75 Å². The highest BCUT2D eigenvalue weighted by Crippen LogP contribution is 2.22. The zero-order chi connectivity index (χ0) is 15.2. The Labute approximate surface area is 114 Å². The summed E-state index contributed by atoms with van der Waals surface area (Å²) in [4.78, 5) is 10.5. The van der Waals surface area contributed by atoms with E-state index in [9.17, 15) is 18.0 Å². The first-order valence-electron chi connectivity index (χ1n) is 5.89. The molecule has 1 rings (SSSR count). The lowest BCUT2D eigenvalue weighted by atomic mass is 10.1. The largest absolute Gasteiger partial charge is 0.459 e. The third-order valence-electron chi connectivity index (χ3n) is 2.30. The van der Waals surface area contributed by atoms with Crippen LogP contribution in [0, 0.1) is 0 Å². The van der Waals surface area contributed by atoms with Gasteiger partial charge in [0.15, 0.2) is 0 Å². The number of benzene rings is 1. The summed E-state index contributed by atoms with van der Waals surface area (Å²) in [5.41, 5.74) is 0.543. The summed E-state index contributed by atoms with van der Waals surface area (Å²) in [5.74, 6) is -1.53. The molecule has 0 saturated heterocycles. The molecule has 0 heterocycles. The Morgan fingerprint density at radius 3 is 2.35 bits per heavy atom. The van der Waals surface area contributed by atoms with E-state index in [0.717, 1.165) is 0 Å². The van der Waals surface area contributed by atoms with Crippen molar-refractivity contribution in [1.29, 1.82) is 0 Å². The predicted molar refractivity (Wildman–Crippen MR) is 66.2 cm³/mol. The number of ether oxygens (including phenoxy) is 2. The second-order valence-electron chi connectivity index (χ2n) is 4.47. The number of carbonyl (C=O) groups is 1. The van der Waals surface area contributed by atoms with Crippen LogP contribution in [0.4, 0.5) is 13.2 Å². The molecule has 0 saturated carbocycles. The summed E-state index contributed by atoms with van der Waals surface area (Å²) < 4.78 is 46.4. The van der Waals surface area contributed by atoms with E-state index in [2.05, 4.69) is 10.1 Å². The Morgan fingerprint density at radius 1 is 1.30 bits per heavy atom. The summed E-state index contributed by atoms with van der Waals surface area (Å²) in [7, 11) is 0. The molecule has 1 unspecified atom stereocenters. The van der Waals surface area contributed by atoms with Crippen LogP contribution in [0.15, 0.2) is 24.3 Å². The lowest BCUT2D eigenvalue weighted by Crippen LogP contribution is -2.25. The Hall–Kier alpha value is -1.76. The normalized spacial score (nSPS) is 13.1. The molecular weight excluding hydrogens is 275 g/mol. The van der Waals surface area contributed by atoms with Crippen molar-refractivity contribution in [3.63, 3.8) is 0 Å². The van der Waals surface area contributed by atoms with E-state index in [4.69, 9.17) is 4.74 Å². The Balaban J connectivity index is 2.74. The lowest BCUT2D eigenvalue weighted by molar-refractivity contribution is -0.136. The number of rotatable bonds is 8. The second kappa shape index (κ2) is 7.14. The molecule has 7 heteroatoms. The van der Waals surface area contributed by atoms with Crippen LogP contribution in [0.25, 0.3) is 0 Å². The molecule has 1 amide bonds. The van der Waals surface area contributed by atoms with Gasteiger partial charge >= 0.3 is 6.61 Å². The summed E-state index contributed by atoms with van der Waals surface area (Å²) in [6.45, 7) is -0.770. The first kappa shape index (κ1) is 16.3. The molecular formula is C13H16F3NO3. The first-order chi connectivity index (χ1) is 9.31. The van der Waals surface area contributed by atoms with Gasteiger partial charge in [-0.25, -0.2) is 0 Å². The van der Waals surface area contributed by atoms with Crippen LogP contribution in [0.3, 0.4) is 0 Å². The number of nitrogens with one attached hydrogen (secondary N) is 1. The molecule has 0 spiro atoms. The van der Waals surface area contributed by atoms with Crippen LogP contribution in [0.1, 0.15) is 25.5 Å². The third-order valence-corrected chi connectivity index (χ3v) is 2.30. The van der Waals surface area contributed by atoms with E-state index in [1.807, 2.05) is 0 Å². The number of amides is 1. The fourth-order valence-electron chi connectivity index (χ4n) is 1.54. The monoisotopic (exact) mass is 291 g/mol. The molecule has 0 fully saturated rings. The van der Waals surface area contributed by atoms with Gasteiger partial charge in [0.2, 0.25) is 12.3 Å². The van der Waals surface area contributed by atoms with E-state index in [-0.39, 0.29) is 6.61 Å². The van der Waals surface area contributed by atoms with Gasteiger partial charge in [-0.1, -0.05) is 12.1 Å². The van der Waals surface area contributed by atoms with Crippen LogP contribution >= 0.6 is 0 Å². The molecule has 0 aliphatic rings. The molecule has 20 heavy (non-hydrogen) atoms. The van der Waals surface area contributed by atoms with Gasteiger partial charge in [0.1, 0.15) is 5.75 Å². The average molecular weight is 291 g/mol. The topological polar surface area (TPSA) is 47.6 Å². The number of carbonyl (C=O) groups excluding carboxylic acids is 1. The van der Waals surface area contributed by atoms with Gasteiger partial charge in [-0.2, -0.15) is 13.2 Å². The van der Waals surface area contributed by atoms with Crippen molar-refractivity contribution in [2.75, 3.05) is 6.61 Å². The zero-order valence-electron chi connectivity index (χ0n) is 11.1. The van der Waals surface area contributed by atoms with E-state index in [1.54, 1.807) is 0 Å². The average Bonchev–Trinajstić information content (AvgIpc) is 2.33. The molecule has 1 aromatic rings. The van der Waals surface area contributed by atoms with Gasteiger partial charge in [-0.05, 0) is 17.7 Å². The molecule has 0 radical (unpaired) electrons. The zero-order valence-corrected chi connectivity index (χ0v) is 11.1. The number of hydrogen-bond acceptors (Lipinski definition) is 3. The Kier molecular flexibility index (Phi) is 5.82. The summed E-state index contributed by atoms with van der Waals surface area (Å²) in [6, 6.07) is 5.33. The van der Waals surface area contributed by atoms with Gasteiger partial charge in [0, 0.05) is 13.8 Å². The molecule has 1 N–H and O–H groups in total. The maximum absolute atomic E-state index is 13.3. The minimum atomic E-state index is -2.92. The fraction of sp³-hybridized carbons (Fsp3) is 0.462. The quantitative estimate of drug-likeness (QED) is 0.749. The highest BCUT2D eigenvalue weighted by atomic mass is 19.3. The van der Waals surface area contributed by atoms with Crippen molar-refractivity contribution < 1.29 is 27.4 Å². The van der Waals surface area contributed by atoms with Crippen molar-refractivity contribution in [2.45, 2.75) is 32.4 Å². The van der Waals surface area contributed by atoms with E-state index in [1.165, 1.54) is 38.1 Å². The van der Waals surface area contributed by atoms with Crippen LogP contribution in [-0.4, -0.2) is 25.5 Å². The van der Waals surface area contributed by atoms with Crippen molar-refractivity contribution in [3.05, 3.63) is 29.8 Å². The number of hydrogen-bond donors (Lipinski definition) is 1. The SMILES string of the molecule is CC(C)(F)Oc1ccc(C(COC(F)F)NC=O)cc1. The van der Waals surface area contributed by atoms with Gasteiger partial charge < -0.3 is 14.8 Å². The Bertz CT molecular complexity index is 418. The third kappa shape index (κ3) is 5.92. The van der Waals surface area contributed by atoms with E-state index >= 15 is 0 Å². The second-order valence-corrected chi connectivity index (χ2v) is 4.47. The van der Waals surface area contributed by atoms with Crippen molar-refractivity contribution >= 4 is 6.41 Å². The van der Waals surface area contributed by atoms with Gasteiger partial charge in [-0.3, -0.25) is 4.79 Å². The fourth-order valence-corrected chi connectivity index (χ4v) is 1.54. The van der Waals surface area contributed by atoms with Crippen LogP contribution in [0.2, 0.25) is 0 Å². The number of halogens is 3.